The molecule has 128 valence electrons. The first kappa shape index (κ1) is 19.5. The minimum Gasteiger partial charge on any atom is -0.349 e. The van der Waals surface area contributed by atoms with Gasteiger partial charge >= 0.3 is 0 Å². The lowest BCUT2D eigenvalue weighted by molar-refractivity contribution is -0.132. The molecule has 0 bridgehead atoms. The molecule has 1 aliphatic heterocycles. The maximum atomic E-state index is 12.5. The summed E-state index contributed by atoms with van der Waals surface area (Å²) in [5.74, 6) is -0.0587. The molecule has 2 unspecified atom stereocenters. The molecule has 23 heavy (non-hydrogen) atoms. The highest BCUT2D eigenvalue weighted by Gasteiger charge is 2.26. The molecule has 2 atom stereocenters. The minimum atomic E-state index is -0.276. The van der Waals surface area contributed by atoms with Gasteiger partial charge in [0.2, 0.25) is 11.8 Å². The summed E-state index contributed by atoms with van der Waals surface area (Å²) in [6.45, 7) is 5.30. The third-order valence-corrected chi connectivity index (χ3v) is 4.21. The third kappa shape index (κ3) is 5.52. The molecule has 5 nitrogen and oxygen atoms in total. The lowest BCUT2D eigenvalue weighted by atomic mass is 10.0. The van der Waals surface area contributed by atoms with Gasteiger partial charge in [-0.1, -0.05) is 29.8 Å². The van der Waals surface area contributed by atoms with Gasteiger partial charge in [0.15, 0.2) is 0 Å². The molecule has 1 heterocycles. The van der Waals surface area contributed by atoms with E-state index < -0.39 is 0 Å². The lowest BCUT2D eigenvalue weighted by Gasteiger charge is -2.26. The minimum absolute atomic E-state index is 0. The van der Waals surface area contributed by atoms with Crippen LogP contribution in [0, 0.1) is 6.92 Å². The van der Waals surface area contributed by atoms with Crippen molar-refractivity contribution in [1.29, 1.82) is 0 Å². The normalized spacial score (nSPS) is 18.0. The third-order valence-electron chi connectivity index (χ3n) is 4.21. The molecule has 0 radical (unpaired) electrons. The van der Waals surface area contributed by atoms with E-state index in [9.17, 15) is 9.59 Å². The van der Waals surface area contributed by atoms with Crippen LogP contribution < -0.4 is 10.6 Å². The van der Waals surface area contributed by atoms with Crippen LogP contribution in [0.15, 0.2) is 24.3 Å². The first-order valence-electron chi connectivity index (χ1n) is 7.77. The van der Waals surface area contributed by atoms with Gasteiger partial charge in [-0.25, -0.2) is 0 Å². The Morgan fingerprint density at radius 3 is 2.52 bits per heavy atom. The molecule has 6 heteroatoms. The Morgan fingerprint density at radius 1 is 1.35 bits per heavy atom. The van der Waals surface area contributed by atoms with Crippen LogP contribution in [0.4, 0.5) is 0 Å². The Kier molecular flexibility index (Phi) is 7.52. The summed E-state index contributed by atoms with van der Waals surface area (Å²) >= 11 is 0. The molecule has 1 aromatic carbocycles. The number of benzene rings is 1. The average molecular weight is 340 g/mol. The van der Waals surface area contributed by atoms with E-state index in [1.54, 1.807) is 0 Å². The van der Waals surface area contributed by atoms with Crippen LogP contribution in [0.5, 0.6) is 0 Å². The van der Waals surface area contributed by atoms with Crippen molar-refractivity contribution in [2.24, 2.45) is 0 Å². The van der Waals surface area contributed by atoms with Crippen molar-refractivity contribution in [2.45, 2.75) is 38.8 Å². The van der Waals surface area contributed by atoms with Crippen molar-refractivity contribution in [3.63, 3.8) is 0 Å². The van der Waals surface area contributed by atoms with Crippen LogP contribution in [0.3, 0.4) is 0 Å². The topological polar surface area (TPSA) is 61.4 Å². The maximum absolute atomic E-state index is 12.5. The number of carbonyl (C=O) groups excluding carboxylic acids is 2. The zero-order chi connectivity index (χ0) is 16.1. The number of hydrogen-bond acceptors (Lipinski definition) is 3. The highest BCUT2D eigenvalue weighted by atomic mass is 35.5. The molecule has 2 rings (SSSR count). The highest BCUT2D eigenvalue weighted by molar-refractivity contribution is 5.85. The van der Waals surface area contributed by atoms with E-state index in [0.717, 1.165) is 30.6 Å². The van der Waals surface area contributed by atoms with Crippen LogP contribution in [-0.2, 0) is 9.59 Å². The van der Waals surface area contributed by atoms with E-state index >= 15 is 0 Å². The molecule has 2 N–H and O–H groups in total. The van der Waals surface area contributed by atoms with E-state index in [1.807, 2.05) is 43.1 Å². The predicted octanol–water partition coefficient (Wildman–Crippen LogP) is 1.80. The van der Waals surface area contributed by atoms with E-state index in [4.69, 9.17) is 0 Å². The fraction of sp³-hybridized carbons (Fsp3) is 0.529. The molecule has 1 fully saturated rings. The Balaban J connectivity index is 0.00000264. The van der Waals surface area contributed by atoms with Gasteiger partial charge in [0, 0.05) is 26.6 Å². The van der Waals surface area contributed by atoms with Crippen molar-refractivity contribution in [3.05, 3.63) is 35.4 Å². The number of nitrogens with zero attached hydrogens (tertiary/aromatic N) is 1. The van der Waals surface area contributed by atoms with Gasteiger partial charge in [0.25, 0.3) is 0 Å². The van der Waals surface area contributed by atoms with Crippen molar-refractivity contribution in [3.8, 4) is 0 Å². The van der Waals surface area contributed by atoms with Crippen molar-refractivity contribution < 1.29 is 9.59 Å². The Bertz CT molecular complexity index is 527. The number of likely N-dealkylation sites (N-methyl/N-ethyl adjacent to an activating group) is 1. The summed E-state index contributed by atoms with van der Waals surface area (Å²) < 4.78 is 0. The zero-order valence-electron chi connectivity index (χ0n) is 14.0. The van der Waals surface area contributed by atoms with Gasteiger partial charge in [-0.3, -0.25) is 9.59 Å². The molecule has 2 amide bonds. The summed E-state index contributed by atoms with van der Waals surface area (Å²) in [6, 6.07) is 7.92. The smallest absolute Gasteiger partial charge is 0.225 e. The van der Waals surface area contributed by atoms with Crippen LogP contribution in [0.25, 0.3) is 0 Å². The standard InChI is InChI=1S/C17H25N3O2.ClH/c1-12-4-6-14(7-5-12)16(19-13(2)21)10-17(22)20(3)15-8-9-18-11-15;/h4-7,15-16,18H,8-11H2,1-3H3,(H,19,21);1H. The fourth-order valence-corrected chi connectivity index (χ4v) is 2.79. The number of carbonyl (C=O) groups is 2. The number of amides is 2. The SMILES string of the molecule is CC(=O)NC(CC(=O)N(C)C1CCNC1)c1ccc(C)cc1.Cl. The summed E-state index contributed by atoms with van der Waals surface area (Å²) in [4.78, 5) is 25.8. The van der Waals surface area contributed by atoms with Gasteiger partial charge in [0.05, 0.1) is 12.5 Å². The predicted molar refractivity (Wildman–Crippen MR) is 93.6 cm³/mol. The number of rotatable bonds is 5. The monoisotopic (exact) mass is 339 g/mol. The number of halogens is 1. The van der Waals surface area contributed by atoms with Gasteiger partial charge in [-0.15, -0.1) is 12.4 Å². The van der Waals surface area contributed by atoms with E-state index in [-0.39, 0.29) is 42.7 Å². The number of aryl methyl sites for hydroxylation is 1. The van der Waals surface area contributed by atoms with Crippen molar-refractivity contribution >= 4 is 24.2 Å². The number of nitrogens with one attached hydrogen (secondary N) is 2. The van der Waals surface area contributed by atoms with Gasteiger partial charge in [0.1, 0.15) is 0 Å². The highest BCUT2D eigenvalue weighted by Crippen LogP contribution is 2.20. The summed E-state index contributed by atoms with van der Waals surface area (Å²) in [7, 11) is 1.85. The molecule has 1 aromatic rings. The van der Waals surface area contributed by atoms with Gasteiger partial charge in [-0.2, -0.15) is 0 Å². The Morgan fingerprint density at radius 2 is 2.00 bits per heavy atom. The molecule has 0 aromatic heterocycles. The summed E-state index contributed by atoms with van der Waals surface area (Å²) in [5, 5.41) is 6.16. The van der Waals surface area contributed by atoms with Crippen LogP contribution in [0.2, 0.25) is 0 Å². The van der Waals surface area contributed by atoms with E-state index in [2.05, 4.69) is 10.6 Å². The second-order valence-electron chi connectivity index (χ2n) is 6.02. The molecule has 1 aliphatic rings. The molecule has 0 spiro atoms. The molecule has 0 saturated carbocycles. The van der Waals surface area contributed by atoms with Crippen LogP contribution in [-0.4, -0.2) is 42.9 Å². The van der Waals surface area contributed by atoms with Crippen LogP contribution >= 0.6 is 12.4 Å². The molecule has 0 aliphatic carbocycles. The summed E-state index contributed by atoms with van der Waals surface area (Å²) in [6.07, 6.45) is 1.27. The van der Waals surface area contributed by atoms with E-state index in [1.165, 1.54) is 6.92 Å². The molecule has 1 saturated heterocycles. The number of hydrogen-bond donors (Lipinski definition) is 2. The van der Waals surface area contributed by atoms with Crippen LogP contribution in [0.1, 0.15) is 36.9 Å². The average Bonchev–Trinajstić information content (AvgIpc) is 3.00. The Hall–Kier alpha value is -1.59. The quantitative estimate of drug-likeness (QED) is 0.860. The molecular formula is C17H26ClN3O2. The van der Waals surface area contributed by atoms with Gasteiger partial charge in [-0.05, 0) is 25.5 Å². The fourth-order valence-electron chi connectivity index (χ4n) is 2.79. The molecular weight excluding hydrogens is 314 g/mol. The van der Waals surface area contributed by atoms with E-state index in [0.29, 0.717) is 0 Å². The summed E-state index contributed by atoms with van der Waals surface area (Å²) in [5.41, 5.74) is 2.12. The zero-order valence-corrected chi connectivity index (χ0v) is 14.8. The van der Waals surface area contributed by atoms with Crippen molar-refractivity contribution in [2.75, 3.05) is 20.1 Å². The maximum Gasteiger partial charge on any atom is 0.225 e. The van der Waals surface area contributed by atoms with Crippen molar-refractivity contribution in [1.82, 2.24) is 15.5 Å². The largest absolute Gasteiger partial charge is 0.349 e. The first-order chi connectivity index (χ1) is 10.5. The Labute approximate surface area is 144 Å². The second kappa shape index (κ2) is 8.89. The van der Waals surface area contributed by atoms with Gasteiger partial charge < -0.3 is 15.5 Å². The second-order valence-corrected chi connectivity index (χ2v) is 6.02. The first-order valence-corrected chi connectivity index (χ1v) is 7.77. The lowest BCUT2D eigenvalue weighted by Crippen LogP contribution is -2.40.